The van der Waals surface area contributed by atoms with E-state index in [9.17, 15) is 4.79 Å². The quantitative estimate of drug-likeness (QED) is 0.666. The lowest BCUT2D eigenvalue weighted by atomic mass is 10.1. The van der Waals surface area contributed by atoms with E-state index in [4.69, 9.17) is 9.47 Å². The molecule has 1 saturated carbocycles. The Hall–Kier alpha value is -3.41. The monoisotopic (exact) mass is 389 g/mol. The van der Waals surface area contributed by atoms with E-state index in [1.165, 1.54) is 19.2 Å². The molecule has 0 saturated heterocycles. The van der Waals surface area contributed by atoms with Crippen molar-refractivity contribution < 1.29 is 14.3 Å². The zero-order valence-electron chi connectivity index (χ0n) is 16.3. The summed E-state index contributed by atoms with van der Waals surface area (Å²) in [5, 5.41) is 3.11. The normalized spacial score (nSPS) is 13.8. The van der Waals surface area contributed by atoms with Crippen LogP contribution in [0, 0.1) is 0 Å². The van der Waals surface area contributed by atoms with Gasteiger partial charge in [0.1, 0.15) is 6.33 Å². The molecular formula is C23H23N3O3. The van der Waals surface area contributed by atoms with Crippen molar-refractivity contribution in [2.75, 3.05) is 7.11 Å². The molecule has 148 valence electrons. The third-order valence-corrected chi connectivity index (χ3v) is 5.06. The number of methoxy groups -OCH3 is 1. The fourth-order valence-electron chi connectivity index (χ4n) is 3.50. The molecule has 1 heterocycles. The highest BCUT2D eigenvalue weighted by molar-refractivity contribution is 5.94. The minimum absolute atomic E-state index is 0.0219. The zero-order chi connectivity index (χ0) is 20.1. The molecule has 4 rings (SSSR count). The number of carbonyl (C=O) groups is 1. The Morgan fingerprint density at radius 1 is 1.00 bits per heavy atom. The maximum Gasteiger partial charge on any atom is 0.251 e. The molecule has 1 aliphatic rings. The number of para-hydroxylation sites is 2. The summed E-state index contributed by atoms with van der Waals surface area (Å²) >= 11 is 0. The summed E-state index contributed by atoms with van der Waals surface area (Å²) in [6, 6.07) is 16.9. The first-order valence-corrected chi connectivity index (χ1v) is 9.77. The molecule has 3 aromatic rings. The van der Waals surface area contributed by atoms with Gasteiger partial charge in [-0.2, -0.15) is 0 Å². The average Bonchev–Trinajstić information content (AvgIpc) is 3.27. The average molecular weight is 389 g/mol. The summed E-state index contributed by atoms with van der Waals surface area (Å²) in [6.45, 7) is 0. The van der Waals surface area contributed by atoms with Crippen LogP contribution >= 0.6 is 0 Å². The van der Waals surface area contributed by atoms with E-state index in [0.29, 0.717) is 34.7 Å². The second kappa shape index (κ2) is 8.73. The molecular weight excluding hydrogens is 366 g/mol. The second-order valence-corrected chi connectivity index (χ2v) is 7.03. The zero-order valence-corrected chi connectivity index (χ0v) is 16.3. The minimum Gasteiger partial charge on any atom is -0.493 e. The van der Waals surface area contributed by atoms with Gasteiger partial charge in [-0.15, -0.1) is 0 Å². The van der Waals surface area contributed by atoms with Gasteiger partial charge < -0.3 is 14.8 Å². The molecule has 1 amide bonds. The van der Waals surface area contributed by atoms with Gasteiger partial charge in [-0.25, -0.2) is 9.97 Å². The predicted octanol–water partition coefficient (Wildman–Crippen LogP) is 4.62. The van der Waals surface area contributed by atoms with Crippen molar-refractivity contribution in [1.82, 2.24) is 15.3 Å². The maximum absolute atomic E-state index is 12.4. The van der Waals surface area contributed by atoms with Crippen LogP contribution in [0.15, 0.2) is 60.9 Å². The fraction of sp³-hybridized carbons (Fsp3) is 0.261. The van der Waals surface area contributed by atoms with Gasteiger partial charge in [-0.05, 0) is 37.1 Å². The van der Waals surface area contributed by atoms with E-state index >= 15 is 0 Å². The first-order valence-electron chi connectivity index (χ1n) is 9.77. The number of hydrogen-bond acceptors (Lipinski definition) is 5. The Balaban J connectivity index is 1.48. The summed E-state index contributed by atoms with van der Waals surface area (Å²) in [4.78, 5) is 20.9. The number of rotatable bonds is 6. The van der Waals surface area contributed by atoms with E-state index < -0.39 is 0 Å². The summed E-state index contributed by atoms with van der Waals surface area (Å²) in [5.74, 6) is 1.61. The highest BCUT2D eigenvalue weighted by atomic mass is 16.5. The first-order chi connectivity index (χ1) is 14.2. The summed E-state index contributed by atoms with van der Waals surface area (Å²) in [5.41, 5.74) is 2.25. The third-order valence-electron chi connectivity index (χ3n) is 5.06. The number of hydrogen-bond donors (Lipinski definition) is 1. The van der Waals surface area contributed by atoms with Crippen LogP contribution in [0.25, 0.3) is 11.3 Å². The Morgan fingerprint density at radius 2 is 1.72 bits per heavy atom. The van der Waals surface area contributed by atoms with Gasteiger partial charge in [0.05, 0.1) is 12.8 Å². The van der Waals surface area contributed by atoms with Gasteiger partial charge in [0.2, 0.25) is 5.88 Å². The van der Waals surface area contributed by atoms with E-state index in [1.807, 2.05) is 48.5 Å². The number of aromatic nitrogens is 2. The molecule has 0 aliphatic heterocycles. The van der Waals surface area contributed by atoms with Crippen molar-refractivity contribution in [2.45, 2.75) is 31.7 Å². The third kappa shape index (κ3) is 4.54. The number of nitrogens with one attached hydrogen (secondary N) is 1. The van der Waals surface area contributed by atoms with Crippen LogP contribution in [0.3, 0.4) is 0 Å². The Labute approximate surface area is 169 Å². The topological polar surface area (TPSA) is 73.3 Å². The lowest BCUT2D eigenvalue weighted by Crippen LogP contribution is -2.32. The van der Waals surface area contributed by atoms with E-state index in [1.54, 1.807) is 13.2 Å². The lowest BCUT2D eigenvalue weighted by molar-refractivity contribution is 0.0938. The highest BCUT2D eigenvalue weighted by Crippen LogP contribution is 2.31. The van der Waals surface area contributed by atoms with Crippen molar-refractivity contribution in [3.63, 3.8) is 0 Å². The standard InChI is InChI=1S/C23H23N3O3/c1-28-20-8-4-5-9-21(20)29-22-14-19(24-15-25-22)16-10-12-17(13-11-16)23(27)26-18-6-2-3-7-18/h4-5,8-15,18H,2-3,6-7H2,1H3,(H,26,27). The molecule has 6 heteroatoms. The molecule has 0 bridgehead atoms. The van der Waals surface area contributed by atoms with Crippen LogP contribution in [-0.4, -0.2) is 29.0 Å². The molecule has 1 aliphatic carbocycles. The van der Waals surface area contributed by atoms with E-state index in [0.717, 1.165) is 18.4 Å². The van der Waals surface area contributed by atoms with Gasteiger partial charge >= 0.3 is 0 Å². The number of carbonyl (C=O) groups excluding carboxylic acids is 1. The van der Waals surface area contributed by atoms with Crippen LogP contribution < -0.4 is 14.8 Å². The van der Waals surface area contributed by atoms with Gasteiger partial charge in [-0.1, -0.05) is 37.1 Å². The van der Waals surface area contributed by atoms with Gasteiger partial charge in [0.25, 0.3) is 5.91 Å². The number of ether oxygens (including phenoxy) is 2. The summed E-state index contributed by atoms with van der Waals surface area (Å²) < 4.78 is 11.2. The van der Waals surface area contributed by atoms with Crippen molar-refractivity contribution in [2.24, 2.45) is 0 Å². The smallest absolute Gasteiger partial charge is 0.251 e. The summed E-state index contributed by atoms with van der Waals surface area (Å²) in [6.07, 6.45) is 5.98. The van der Waals surface area contributed by atoms with Crippen LogP contribution in [0.5, 0.6) is 17.4 Å². The number of nitrogens with zero attached hydrogens (tertiary/aromatic N) is 2. The molecule has 0 atom stereocenters. The lowest BCUT2D eigenvalue weighted by Gasteiger charge is -2.12. The SMILES string of the molecule is COc1ccccc1Oc1cc(-c2ccc(C(=O)NC3CCCC3)cc2)ncn1. The number of amides is 1. The van der Waals surface area contributed by atoms with Gasteiger partial charge in [0.15, 0.2) is 11.5 Å². The molecule has 1 aromatic heterocycles. The molecule has 2 aromatic carbocycles. The molecule has 6 nitrogen and oxygen atoms in total. The highest BCUT2D eigenvalue weighted by Gasteiger charge is 2.18. The van der Waals surface area contributed by atoms with Crippen LogP contribution in [-0.2, 0) is 0 Å². The van der Waals surface area contributed by atoms with Gasteiger partial charge in [-0.3, -0.25) is 4.79 Å². The van der Waals surface area contributed by atoms with Crippen molar-refractivity contribution >= 4 is 5.91 Å². The molecule has 1 N–H and O–H groups in total. The van der Waals surface area contributed by atoms with Crippen LogP contribution in [0.1, 0.15) is 36.0 Å². The van der Waals surface area contributed by atoms with E-state index in [2.05, 4.69) is 15.3 Å². The summed E-state index contributed by atoms with van der Waals surface area (Å²) in [7, 11) is 1.60. The first kappa shape index (κ1) is 18.9. The van der Waals surface area contributed by atoms with Crippen LogP contribution in [0.2, 0.25) is 0 Å². The fourth-order valence-corrected chi connectivity index (χ4v) is 3.50. The Kier molecular flexibility index (Phi) is 5.70. The number of benzene rings is 2. The largest absolute Gasteiger partial charge is 0.493 e. The molecule has 29 heavy (non-hydrogen) atoms. The van der Waals surface area contributed by atoms with Crippen molar-refractivity contribution in [1.29, 1.82) is 0 Å². The maximum atomic E-state index is 12.4. The second-order valence-electron chi connectivity index (χ2n) is 7.03. The molecule has 1 fully saturated rings. The Morgan fingerprint density at radius 3 is 2.45 bits per heavy atom. The van der Waals surface area contributed by atoms with Crippen molar-refractivity contribution in [3.05, 3.63) is 66.5 Å². The Bertz CT molecular complexity index is 983. The van der Waals surface area contributed by atoms with Gasteiger partial charge in [0, 0.05) is 23.2 Å². The van der Waals surface area contributed by atoms with E-state index in [-0.39, 0.29) is 5.91 Å². The predicted molar refractivity (Wildman–Crippen MR) is 110 cm³/mol. The molecule has 0 radical (unpaired) electrons. The van der Waals surface area contributed by atoms with Crippen LogP contribution in [0.4, 0.5) is 0 Å². The molecule has 0 spiro atoms. The molecule has 0 unspecified atom stereocenters. The van der Waals surface area contributed by atoms with Crippen molar-refractivity contribution in [3.8, 4) is 28.6 Å². The minimum atomic E-state index is -0.0219.